The highest BCUT2D eigenvalue weighted by atomic mass is 14.6. The van der Waals surface area contributed by atoms with Gasteiger partial charge in [0.2, 0.25) is 0 Å². The summed E-state index contributed by atoms with van der Waals surface area (Å²) in [6.45, 7) is 24.5. The van der Waals surface area contributed by atoms with Crippen molar-refractivity contribution in [3.05, 3.63) is 137 Å². The molecule has 0 heterocycles. The zero-order valence-electron chi connectivity index (χ0n) is 20.6. The number of aliphatic imine (C=N–C) groups is 1. The quantitative estimate of drug-likeness (QED) is 0.297. The molecule has 0 saturated heterocycles. The molecule has 0 spiro atoms. The third-order valence-electron chi connectivity index (χ3n) is 4.80. The van der Waals surface area contributed by atoms with Crippen molar-refractivity contribution in [1.29, 1.82) is 0 Å². The summed E-state index contributed by atoms with van der Waals surface area (Å²) >= 11 is 0. The molecule has 0 aromatic heterocycles. The van der Waals surface area contributed by atoms with E-state index in [1.165, 1.54) is 16.7 Å². The van der Waals surface area contributed by atoms with E-state index in [1.54, 1.807) is 6.20 Å². The van der Waals surface area contributed by atoms with Gasteiger partial charge in [-0.05, 0) is 79.0 Å². The van der Waals surface area contributed by atoms with Gasteiger partial charge in [0.25, 0.3) is 0 Å². The Morgan fingerprint density at radius 3 is 2.12 bits per heavy atom. The van der Waals surface area contributed by atoms with Crippen molar-refractivity contribution in [2.75, 3.05) is 0 Å². The monoisotopic (exact) mass is 423 g/mol. The minimum atomic E-state index is 0.904. The summed E-state index contributed by atoms with van der Waals surface area (Å²) in [7, 11) is 0. The molecule has 0 unspecified atom stereocenters. The summed E-state index contributed by atoms with van der Waals surface area (Å²) in [6.07, 6.45) is 9.73. The average molecular weight is 424 g/mol. The van der Waals surface area contributed by atoms with Crippen LogP contribution in [0.1, 0.15) is 49.9 Å². The maximum absolute atomic E-state index is 4.39. The van der Waals surface area contributed by atoms with E-state index >= 15 is 0 Å². The van der Waals surface area contributed by atoms with Gasteiger partial charge in [-0.1, -0.05) is 105 Å². The van der Waals surface area contributed by atoms with Crippen LogP contribution in [0.15, 0.2) is 119 Å². The Hall–Kier alpha value is -3.45. The van der Waals surface area contributed by atoms with Gasteiger partial charge in [0.1, 0.15) is 0 Å². The predicted molar refractivity (Wildman–Crippen MR) is 145 cm³/mol. The molecule has 1 heteroatoms. The van der Waals surface area contributed by atoms with Gasteiger partial charge in [0, 0.05) is 6.20 Å². The Bertz CT molecular complexity index is 1060. The van der Waals surface area contributed by atoms with Gasteiger partial charge in [-0.3, -0.25) is 4.99 Å². The van der Waals surface area contributed by atoms with Crippen molar-refractivity contribution in [3.63, 3.8) is 0 Å². The van der Waals surface area contributed by atoms with E-state index in [0.717, 1.165) is 33.4 Å². The van der Waals surface area contributed by atoms with Crippen LogP contribution in [0, 0.1) is 13.8 Å². The Morgan fingerprint density at radius 2 is 1.56 bits per heavy atom. The summed E-state index contributed by atoms with van der Waals surface area (Å²) in [5.41, 5.74) is 9.84. The summed E-state index contributed by atoms with van der Waals surface area (Å²) in [5, 5.41) is 0. The van der Waals surface area contributed by atoms with Gasteiger partial charge < -0.3 is 0 Å². The fourth-order valence-corrected chi connectivity index (χ4v) is 3.41. The summed E-state index contributed by atoms with van der Waals surface area (Å²) in [4.78, 5) is 3.89. The molecule has 0 atom stereocenters. The van der Waals surface area contributed by atoms with Crippen LogP contribution in [0.25, 0.3) is 5.57 Å². The largest absolute Gasteiger partial charge is 0.272 e. The van der Waals surface area contributed by atoms with E-state index in [4.69, 9.17) is 0 Å². The number of rotatable bonds is 8. The third kappa shape index (κ3) is 7.35. The highest BCUT2D eigenvalue weighted by molar-refractivity contribution is 5.89. The standard InChI is InChI=1S/C29H31N.C2H6/c1-8-12-25(20-30-7)18-17-24(6)28(21(2)3)29(26-13-10-9-11-14-26)27-19-22(4)15-16-23(27)5;1-2/h8-20H,2,6-7H2,1,3-5H3;1-2H3/b12-8-,18-17+,25-20+,29-28+;. The topological polar surface area (TPSA) is 12.4 Å². The van der Waals surface area contributed by atoms with Crippen LogP contribution >= 0.6 is 0 Å². The molecule has 0 aliphatic heterocycles. The second-order valence-corrected chi connectivity index (χ2v) is 7.38. The number of benzene rings is 2. The Kier molecular flexibility index (Phi) is 11.4. The molecule has 0 amide bonds. The Balaban J connectivity index is 0.00000249. The van der Waals surface area contributed by atoms with Crippen molar-refractivity contribution in [2.24, 2.45) is 4.99 Å². The minimum Gasteiger partial charge on any atom is -0.272 e. The van der Waals surface area contributed by atoms with E-state index in [9.17, 15) is 0 Å². The number of aryl methyl sites for hydroxylation is 2. The number of hydrogen-bond donors (Lipinski definition) is 0. The lowest BCUT2D eigenvalue weighted by atomic mass is 9.84. The molecule has 0 radical (unpaired) electrons. The predicted octanol–water partition coefficient (Wildman–Crippen LogP) is 8.98. The van der Waals surface area contributed by atoms with Gasteiger partial charge >= 0.3 is 0 Å². The lowest BCUT2D eigenvalue weighted by Crippen LogP contribution is -2.00. The molecular formula is C31H37N. The van der Waals surface area contributed by atoms with Crippen LogP contribution in [0.4, 0.5) is 0 Å². The lowest BCUT2D eigenvalue weighted by molar-refractivity contribution is 1.32. The van der Waals surface area contributed by atoms with Crippen LogP contribution in [-0.2, 0) is 0 Å². The fourth-order valence-electron chi connectivity index (χ4n) is 3.41. The van der Waals surface area contributed by atoms with Crippen molar-refractivity contribution < 1.29 is 0 Å². The first-order valence-corrected chi connectivity index (χ1v) is 11.1. The van der Waals surface area contributed by atoms with Gasteiger partial charge in [-0.25, -0.2) is 0 Å². The molecule has 1 nitrogen and oxygen atoms in total. The smallest absolute Gasteiger partial charge is 0.0332 e. The van der Waals surface area contributed by atoms with E-state index in [0.29, 0.717) is 0 Å². The first kappa shape index (κ1) is 26.6. The first-order chi connectivity index (χ1) is 15.4. The average Bonchev–Trinajstić information content (AvgIpc) is 2.79. The van der Waals surface area contributed by atoms with Crippen LogP contribution in [-0.4, -0.2) is 6.72 Å². The highest BCUT2D eigenvalue weighted by Gasteiger charge is 2.16. The highest BCUT2D eigenvalue weighted by Crippen LogP contribution is 2.36. The van der Waals surface area contributed by atoms with Gasteiger partial charge in [0.15, 0.2) is 0 Å². The maximum Gasteiger partial charge on any atom is 0.0332 e. The van der Waals surface area contributed by atoms with Gasteiger partial charge in [-0.2, -0.15) is 0 Å². The second-order valence-electron chi connectivity index (χ2n) is 7.38. The third-order valence-corrected chi connectivity index (χ3v) is 4.80. The molecule has 166 valence electrons. The van der Waals surface area contributed by atoms with Gasteiger partial charge in [-0.15, -0.1) is 0 Å². The van der Waals surface area contributed by atoms with E-state index < -0.39 is 0 Å². The molecule has 2 aromatic rings. The summed E-state index contributed by atoms with van der Waals surface area (Å²) < 4.78 is 0. The Labute approximate surface area is 195 Å². The molecule has 0 saturated carbocycles. The van der Waals surface area contributed by atoms with Crippen LogP contribution in [0.5, 0.6) is 0 Å². The number of allylic oxidation sites excluding steroid dienone is 8. The Morgan fingerprint density at radius 1 is 0.906 bits per heavy atom. The molecule has 0 aliphatic carbocycles. The SMILES string of the molecule is C=N/C=C(\C=C/C)/C=C/C(=C)/C(C(=C)C)=C(\c1ccccc1)c1cc(C)ccc1C.CC. The lowest BCUT2D eigenvalue weighted by Gasteiger charge is -2.20. The zero-order chi connectivity index (χ0) is 24.1. The van der Waals surface area contributed by atoms with E-state index in [-0.39, 0.29) is 0 Å². The molecule has 0 N–H and O–H groups in total. The van der Waals surface area contributed by atoms with Crippen LogP contribution in [0.3, 0.4) is 0 Å². The van der Waals surface area contributed by atoms with Crippen molar-refractivity contribution in [1.82, 2.24) is 0 Å². The molecule has 32 heavy (non-hydrogen) atoms. The van der Waals surface area contributed by atoms with Crippen LogP contribution in [0.2, 0.25) is 0 Å². The minimum absolute atomic E-state index is 0.904. The number of hydrogen-bond acceptors (Lipinski definition) is 1. The molecule has 0 fully saturated rings. The fraction of sp³-hybridized carbons (Fsp3) is 0.194. The van der Waals surface area contributed by atoms with E-state index in [2.05, 4.69) is 81.2 Å². The molecule has 2 aromatic carbocycles. The van der Waals surface area contributed by atoms with Crippen molar-refractivity contribution in [3.8, 4) is 0 Å². The molecule has 0 bridgehead atoms. The molecular weight excluding hydrogens is 386 g/mol. The first-order valence-electron chi connectivity index (χ1n) is 11.1. The second kappa shape index (κ2) is 13.8. The molecule has 0 aliphatic rings. The zero-order valence-corrected chi connectivity index (χ0v) is 20.6. The van der Waals surface area contributed by atoms with Crippen molar-refractivity contribution >= 4 is 12.3 Å². The summed E-state index contributed by atoms with van der Waals surface area (Å²) in [6, 6.07) is 17.0. The normalized spacial score (nSPS) is 12.2. The number of nitrogens with zero attached hydrogens (tertiary/aromatic N) is 1. The maximum atomic E-state index is 4.39. The molecule has 2 rings (SSSR count). The van der Waals surface area contributed by atoms with Gasteiger partial charge in [0.05, 0.1) is 0 Å². The summed E-state index contributed by atoms with van der Waals surface area (Å²) in [5.74, 6) is 0. The van der Waals surface area contributed by atoms with E-state index in [1.807, 2.05) is 58.1 Å². The van der Waals surface area contributed by atoms with Crippen molar-refractivity contribution in [2.45, 2.75) is 41.5 Å². The van der Waals surface area contributed by atoms with Crippen LogP contribution < -0.4 is 0 Å².